The minimum atomic E-state index is -2.97. The van der Waals surface area contributed by atoms with Crippen LogP contribution in [0.25, 0.3) is 16.9 Å². The molecule has 2 N–H and O–H groups in total. The van der Waals surface area contributed by atoms with E-state index in [9.17, 15) is 19.0 Å². The zero-order chi connectivity index (χ0) is 26.0. The van der Waals surface area contributed by atoms with Crippen LogP contribution >= 0.6 is 0 Å². The molecule has 5 rings (SSSR count). The smallest absolute Gasteiger partial charge is 0.387 e. The molecule has 2 atom stereocenters. The second-order valence-corrected chi connectivity index (χ2v) is 10.2. The second-order valence-electron chi connectivity index (χ2n) is 10.2. The van der Waals surface area contributed by atoms with Gasteiger partial charge in [0.05, 0.1) is 30.2 Å². The third kappa shape index (κ3) is 6.26. The maximum Gasteiger partial charge on any atom is 0.387 e. The van der Waals surface area contributed by atoms with Crippen molar-refractivity contribution in [1.82, 2.24) is 19.9 Å². The lowest BCUT2D eigenvalue weighted by atomic mass is 9.83. The van der Waals surface area contributed by atoms with Crippen LogP contribution in [0.15, 0.2) is 48.7 Å². The van der Waals surface area contributed by atoms with E-state index >= 15 is 0 Å². The molecule has 1 aromatic heterocycles. The molecular weight excluding hydrogens is 482 g/mol. The van der Waals surface area contributed by atoms with Gasteiger partial charge in [-0.1, -0.05) is 17.3 Å². The number of aliphatic hydroxyl groups is 2. The average Bonchev–Trinajstić information content (AvgIpc) is 3.57. The summed E-state index contributed by atoms with van der Waals surface area (Å²) in [6, 6.07) is 12.7. The quantitative estimate of drug-likeness (QED) is 0.422. The molecule has 0 radical (unpaired) electrons. The van der Waals surface area contributed by atoms with Gasteiger partial charge in [-0.2, -0.15) is 8.78 Å². The summed E-state index contributed by atoms with van der Waals surface area (Å²) < 4.78 is 38.9. The fraction of sp³-hybridized carbons (Fsp3) is 0.481. The summed E-state index contributed by atoms with van der Waals surface area (Å²) in [5, 5.41) is 28.4. The van der Waals surface area contributed by atoms with Crippen LogP contribution in [0.5, 0.6) is 11.5 Å². The van der Waals surface area contributed by atoms with E-state index in [1.807, 2.05) is 30.3 Å². The summed E-state index contributed by atoms with van der Waals surface area (Å²) in [4.78, 5) is 2.10. The number of piperidine rings is 1. The van der Waals surface area contributed by atoms with Gasteiger partial charge in [-0.25, -0.2) is 4.68 Å². The first kappa shape index (κ1) is 25.6. The monoisotopic (exact) mass is 514 g/mol. The molecule has 2 fully saturated rings. The van der Waals surface area contributed by atoms with E-state index < -0.39 is 12.2 Å². The molecule has 3 aromatic rings. The molecule has 2 aromatic carbocycles. The molecule has 0 bridgehead atoms. The van der Waals surface area contributed by atoms with E-state index in [-0.39, 0.29) is 18.3 Å². The summed E-state index contributed by atoms with van der Waals surface area (Å²) in [7, 11) is 0. The maximum absolute atomic E-state index is 13.3. The van der Waals surface area contributed by atoms with Gasteiger partial charge in [0.1, 0.15) is 17.2 Å². The number of hydrogen-bond acceptors (Lipinski definition) is 7. The van der Waals surface area contributed by atoms with Crippen LogP contribution in [-0.4, -0.2) is 68.1 Å². The fourth-order valence-corrected chi connectivity index (χ4v) is 4.70. The molecule has 0 unspecified atom stereocenters. The largest absolute Gasteiger partial charge is 0.490 e. The Morgan fingerprint density at radius 1 is 1.14 bits per heavy atom. The first-order chi connectivity index (χ1) is 17.8. The fourth-order valence-electron chi connectivity index (χ4n) is 4.70. The molecule has 1 saturated heterocycles. The Bertz CT molecular complexity index is 1200. The number of rotatable bonds is 10. The third-order valence-corrected chi connectivity index (χ3v) is 7.10. The zero-order valence-electron chi connectivity index (χ0n) is 20.8. The van der Waals surface area contributed by atoms with Gasteiger partial charge in [0.2, 0.25) is 0 Å². The number of alkyl halides is 2. The Morgan fingerprint density at radius 3 is 2.62 bits per heavy atom. The van der Waals surface area contributed by atoms with Crippen molar-refractivity contribution in [2.24, 2.45) is 5.92 Å². The van der Waals surface area contributed by atoms with Crippen molar-refractivity contribution >= 4 is 0 Å². The van der Waals surface area contributed by atoms with Gasteiger partial charge in [0.15, 0.2) is 0 Å². The number of likely N-dealkylation sites (tertiary alicyclic amines) is 1. The Kier molecular flexibility index (Phi) is 7.41. The van der Waals surface area contributed by atoms with Gasteiger partial charge in [-0.3, -0.25) is 4.90 Å². The highest BCUT2D eigenvalue weighted by Crippen LogP contribution is 2.32. The van der Waals surface area contributed by atoms with Gasteiger partial charge < -0.3 is 19.7 Å². The third-order valence-electron chi connectivity index (χ3n) is 7.10. The van der Waals surface area contributed by atoms with E-state index in [2.05, 4.69) is 15.2 Å². The number of ether oxygens (including phenoxy) is 2. The highest BCUT2D eigenvalue weighted by atomic mass is 19.3. The molecule has 37 heavy (non-hydrogen) atoms. The summed E-state index contributed by atoms with van der Waals surface area (Å²) in [6.45, 7) is 0.0615. The molecule has 1 aliphatic carbocycles. The summed E-state index contributed by atoms with van der Waals surface area (Å²) in [6.07, 6.45) is 5.90. The highest BCUT2D eigenvalue weighted by Gasteiger charge is 2.35. The van der Waals surface area contributed by atoms with Gasteiger partial charge >= 0.3 is 6.61 Å². The van der Waals surface area contributed by atoms with Crippen molar-refractivity contribution in [3.05, 3.63) is 54.2 Å². The van der Waals surface area contributed by atoms with Crippen LogP contribution in [-0.2, 0) is 6.54 Å². The standard InChI is InChI=1S/C27H32F2N4O4/c1-27(35,17-34)20-3-2-12-32(15-20)14-19-5-4-18(13-25(19)37-26(28)29)24-16-33(31-30-24)21-6-8-22(9-7-21)36-23-10-11-23/h4-9,13,16,20,23,26,34-35H,2-3,10-12,14-15,17H2,1H3/t20-,27+/m0/s1. The number of halogens is 2. The lowest BCUT2D eigenvalue weighted by Crippen LogP contribution is -2.47. The Hall–Kier alpha value is -3.08. The van der Waals surface area contributed by atoms with E-state index in [4.69, 9.17) is 9.47 Å². The predicted molar refractivity (Wildman–Crippen MR) is 133 cm³/mol. The normalized spacial score (nSPS) is 20.1. The van der Waals surface area contributed by atoms with Crippen LogP contribution in [0.4, 0.5) is 8.78 Å². The summed E-state index contributed by atoms with van der Waals surface area (Å²) in [5.74, 6) is 0.796. The Labute approximate surface area is 214 Å². The van der Waals surface area contributed by atoms with E-state index in [1.54, 1.807) is 29.9 Å². The number of hydrogen-bond donors (Lipinski definition) is 2. The molecule has 2 heterocycles. The van der Waals surface area contributed by atoms with Crippen molar-refractivity contribution in [2.45, 2.75) is 57.5 Å². The van der Waals surface area contributed by atoms with Crippen molar-refractivity contribution < 1.29 is 28.5 Å². The summed E-state index contributed by atoms with van der Waals surface area (Å²) in [5.41, 5.74) is 1.38. The molecule has 1 saturated carbocycles. The molecule has 198 valence electrons. The van der Waals surface area contributed by atoms with Crippen LogP contribution < -0.4 is 9.47 Å². The minimum absolute atomic E-state index is 0.0830. The van der Waals surface area contributed by atoms with Gasteiger partial charge in [-0.15, -0.1) is 5.10 Å². The topological polar surface area (TPSA) is 92.9 Å². The van der Waals surface area contributed by atoms with Gasteiger partial charge in [-0.05, 0) is 69.5 Å². The Balaban J connectivity index is 1.32. The van der Waals surface area contributed by atoms with Crippen molar-refractivity contribution in [2.75, 3.05) is 19.7 Å². The lowest BCUT2D eigenvalue weighted by Gasteiger charge is -2.39. The molecule has 1 aliphatic heterocycles. The van der Waals surface area contributed by atoms with Crippen LogP contribution in [0.3, 0.4) is 0 Å². The van der Waals surface area contributed by atoms with Gasteiger partial charge in [0.25, 0.3) is 0 Å². The number of benzene rings is 2. The molecule has 2 aliphatic rings. The minimum Gasteiger partial charge on any atom is -0.490 e. The first-order valence-electron chi connectivity index (χ1n) is 12.6. The first-order valence-corrected chi connectivity index (χ1v) is 12.6. The van der Waals surface area contributed by atoms with Crippen LogP contribution in [0.1, 0.15) is 38.2 Å². The molecule has 8 nitrogen and oxygen atoms in total. The lowest BCUT2D eigenvalue weighted by molar-refractivity contribution is -0.0702. The number of aliphatic hydroxyl groups excluding tert-OH is 1. The summed E-state index contributed by atoms with van der Waals surface area (Å²) >= 11 is 0. The van der Waals surface area contributed by atoms with Gasteiger partial charge in [0, 0.05) is 30.1 Å². The highest BCUT2D eigenvalue weighted by molar-refractivity contribution is 5.62. The van der Waals surface area contributed by atoms with E-state index in [0.29, 0.717) is 36.0 Å². The number of nitrogens with zero attached hydrogens (tertiary/aromatic N) is 4. The molecular formula is C27H32F2N4O4. The second kappa shape index (κ2) is 10.7. The number of aromatic nitrogens is 3. The average molecular weight is 515 g/mol. The van der Waals surface area contributed by atoms with Crippen molar-refractivity contribution in [3.8, 4) is 28.4 Å². The Morgan fingerprint density at radius 2 is 1.92 bits per heavy atom. The SMILES string of the molecule is C[C@@](O)(CO)[C@H]1CCCN(Cc2ccc(-c3cn(-c4ccc(OC5CC5)cc4)nn3)cc2OC(F)F)C1. The van der Waals surface area contributed by atoms with Crippen LogP contribution in [0, 0.1) is 5.92 Å². The molecule has 10 heteroatoms. The zero-order valence-corrected chi connectivity index (χ0v) is 20.8. The van der Waals surface area contributed by atoms with E-state index in [1.165, 1.54) is 0 Å². The predicted octanol–water partition coefficient (Wildman–Crippen LogP) is 4.03. The van der Waals surface area contributed by atoms with E-state index in [0.717, 1.165) is 43.7 Å². The van der Waals surface area contributed by atoms with Crippen molar-refractivity contribution in [1.29, 1.82) is 0 Å². The molecule has 0 amide bonds. The van der Waals surface area contributed by atoms with Crippen molar-refractivity contribution in [3.63, 3.8) is 0 Å². The maximum atomic E-state index is 13.3. The van der Waals surface area contributed by atoms with Crippen LogP contribution in [0.2, 0.25) is 0 Å². The molecule has 0 spiro atoms.